The average molecular weight is 308 g/mol. The predicted octanol–water partition coefficient (Wildman–Crippen LogP) is 3.74. The number of aryl methyl sites for hydroxylation is 1. The molecule has 0 aromatic heterocycles. The van der Waals surface area contributed by atoms with Gasteiger partial charge in [0.2, 0.25) is 0 Å². The van der Waals surface area contributed by atoms with Crippen LogP contribution in [0.15, 0.2) is 54.6 Å². The fourth-order valence-electron chi connectivity index (χ4n) is 3.28. The molecule has 3 rings (SSSR count). The van der Waals surface area contributed by atoms with E-state index in [4.69, 9.17) is 0 Å². The lowest BCUT2D eigenvalue weighted by atomic mass is 10.00. The zero-order chi connectivity index (χ0) is 16.2. The standard InChI is InChI=1S/C20H24N2O/c1-16-8-6-7-11-19(16)22(18-12-14-21(2)15-13-18)20(23)17-9-4-3-5-10-17/h3-11,18H,12-15H2,1-2H3. The van der Waals surface area contributed by atoms with Gasteiger partial charge in [-0.1, -0.05) is 36.4 Å². The fraction of sp³-hybridized carbons (Fsp3) is 0.350. The molecule has 1 fully saturated rings. The molecule has 0 spiro atoms. The van der Waals surface area contributed by atoms with Crippen LogP contribution in [0.5, 0.6) is 0 Å². The Bertz CT molecular complexity index is 660. The molecule has 1 aliphatic heterocycles. The van der Waals surface area contributed by atoms with Gasteiger partial charge in [-0.3, -0.25) is 4.79 Å². The normalized spacial score (nSPS) is 16.3. The zero-order valence-electron chi connectivity index (χ0n) is 13.9. The number of carbonyl (C=O) groups excluding carboxylic acids is 1. The molecule has 0 aliphatic carbocycles. The molecule has 3 nitrogen and oxygen atoms in total. The summed E-state index contributed by atoms with van der Waals surface area (Å²) in [6.45, 7) is 4.15. The van der Waals surface area contributed by atoms with Crippen molar-refractivity contribution in [2.24, 2.45) is 0 Å². The summed E-state index contributed by atoms with van der Waals surface area (Å²) in [6.07, 6.45) is 2.03. The molecule has 0 atom stereocenters. The largest absolute Gasteiger partial charge is 0.306 e. The van der Waals surface area contributed by atoms with Crippen LogP contribution in [0.2, 0.25) is 0 Å². The lowest BCUT2D eigenvalue weighted by molar-refractivity contribution is 0.0963. The van der Waals surface area contributed by atoms with Gasteiger partial charge in [-0.2, -0.15) is 0 Å². The van der Waals surface area contributed by atoms with Gasteiger partial charge < -0.3 is 9.80 Å². The summed E-state index contributed by atoms with van der Waals surface area (Å²) < 4.78 is 0. The Balaban J connectivity index is 1.97. The summed E-state index contributed by atoms with van der Waals surface area (Å²) in [7, 11) is 2.15. The third-order valence-corrected chi connectivity index (χ3v) is 4.67. The summed E-state index contributed by atoms with van der Waals surface area (Å²) in [5.74, 6) is 0.106. The number of hydrogen-bond donors (Lipinski definition) is 0. The maximum atomic E-state index is 13.2. The Labute approximate surface area is 138 Å². The van der Waals surface area contributed by atoms with E-state index < -0.39 is 0 Å². The Morgan fingerprint density at radius 1 is 1.00 bits per heavy atom. The molecule has 0 unspecified atom stereocenters. The SMILES string of the molecule is Cc1ccccc1N(C(=O)c1ccccc1)C1CCN(C)CC1. The van der Waals surface area contributed by atoms with Crippen LogP contribution in [0, 0.1) is 6.92 Å². The predicted molar refractivity (Wildman–Crippen MR) is 94.9 cm³/mol. The summed E-state index contributed by atoms with van der Waals surface area (Å²) >= 11 is 0. The molecule has 2 aromatic carbocycles. The van der Waals surface area contributed by atoms with E-state index in [0.29, 0.717) is 0 Å². The third kappa shape index (κ3) is 3.45. The highest BCUT2D eigenvalue weighted by Crippen LogP contribution is 2.28. The van der Waals surface area contributed by atoms with Crippen molar-refractivity contribution in [2.75, 3.05) is 25.0 Å². The van der Waals surface area contributed by atoms with E-state index in [2.05, 4.69) is 31.0 Å². The summed E-state index contributed by atoms with van der Waals surface area (Å²) in [6, 6.07) is 18.1. The van der Waals surface area contributed by atoms with Crippen molar-refractivity contribution in [1.29, 1.82) is 0 Å². The topological polar surface area (TPSA) is 23.6 Å². The summed E-state index contributed by atoms with van der Waals surface area (Å²) in [5.41, 5.74) is 2.95. The van der Waals surface area contributed by atoms with Gasteiger partial charge in [0.15, 0.2) is 0 Å². The first-order valence-corrected chi connectivity index (χ1v) is 8.29. The molecule has 1 heterocycles. The molecule has 1 aliphatic rings. The van der Waals surface area contributed by atoms with Crippen LogP contribution in [-0.2, 0) is 0 Å². The smallest absolute Gasteiger partial charge is 0.258 e. The summed E-state index contributed by atoms with van der Waals surface area (Å²) in [5, 5.41) is 0. The van der Waals surface area contributed by atoms with Crippen molar-refractivity contribution in [3.8, 4) is 0 Å². The quantitative estimate of drug-likeness (QED) is 0.862. The fourth-order valence-corrected chi connectivity index (χ4v) is 3.28. The van der Waals surface area contributed by atoms with Crippen molar-refractivity contribution in [2.45, 2.75) is 25.8 Å². The monoisotopic (exact) mass is 308 g/mol. The number of amides is 1. The van der Waals surface area contributed by atoms with Gasteiger partial charge >= 0.3 is 0 Å². The van der Waals surface area contributed by atoms with E-state index in [1.165, 1.54) is 0 Å². The Kier molecular flexibility index (Phi) is 4.77. The number of rotatable bonds is 3. The summed E-state index contributed by atoms with van der Waals surface area (Å²) in [4.78, 5) is 17.5. The van der Waals surface area contributed by atoms with Crippen LogP contribution in [-0.4, -0.2) is 37.0 Å². The molecular weight excluding hydrogens is 284 g/mol. The van der Waals surface area contributed by atoms with Crippen LogP contribution in [0.3, 0.4) is 0 Å². The van der Waals surface area contributed by atoms with Crippen LogP contribution < -0.4 is 4.90 Å². The Morgan fingerprint density at radius 3 is 2.26 bits per heavy atom. The molecule has 0 radical (unpaired) electrons. The molecule has 3 heteroatoms. The second-order valence-electron chi connectivity index (χ2n) is 6.36. The van der Waals surface area contributed by atoms with Gasteiger partial charge in [0, 0.05) is 17.3 Å². The van der Waals surface area contributed by atoms with Crippen LogP contribution in [0.25, 0.3) is 0 Å². The van der Waals surface area contributed by atoms with Crippen LogP contribution in [0.1, 0.15) is 28.8 Å². The van der Waals surface area contributed by atoms with Crippen molar-refractivity contribution < 1.29 is 4.79 Å². The minimum absolute atomic E-state index is 0.106. The molecule has 0 saturated carbocycles. The number of carbonyl (C=O) groups is 1. The molecule has 23 heavy (non-hydrogen) atoms. The van der Waals surface area contributed by atoms with Gasteiger partial charge in [0.05, 0.1) is 0 Å². The minimum atomic E-state index is 0.106. The lowest BCUT2D eigenvalue weighted by Crippen LogP contribution is -2.47. The first kappa shape index (κ1) is 15.8. The van der Waals surface area contributed by atoms with Gasteiger partial charge in [-0.05, 0) is 63.7 Å². The molecule has 2 aromatic rings. The second-order valence-corrected chi connectivity index (χ2v) is 6.36. The first-order chi connectivity index (χ1) is 11.2. The molecule has 120 valence electrons. The van der Waals surface area contributed by atoms with Crippen molar-refractivity contribution in [3.05, 3.63) is 65.7 Å². The number of benzene rings is 2. The molecule has 1 amide bonds. The molecule has 1 saturated heterocycles. The van der Waals surface area contributed by atoms with Crippen LogP contribution >= 0.6 is 0 Å². The van der Waals surface area contributed by atoms with Gasteiger partial charge in [-0.15, -0.1) is 0 Å². The lowest BCUT2D eigenvalue weighted by Gasteiger charge is -2.38. The van der Waals surface area contributed by atoms with E-state index in [1.807, 2.05) is 47.4 Å². The third-order valence-electron chi connectivity index (χ3n) is 4.67. The van der Waals surface area contributed by atoms with Crippen molar-refractivity contribution in [3.63, 3.8) is 0 Å². The first-order valence-electron chi connectivity index (χ1n) is 8.29. The van der Waals surface area contributed by atoms with E-state index >= 15 is 0 Å². The Morgan fingerprint density at radius 2 is 1.61 bits per heavy atom. The highest BCUT2D eigenvalue weighted by atomic mass is 16.2. The van der Waals surface area contributed by atoms with Crippen molar-refractivity contribution >= 4 is 11.6 Å². The molecule has 0 N–H and O–H groups in total. The minimum Gasteiger partial charge on any atom is -0.306 e. The number of piperidine rings is 1. The van der Waals surface area contributed by atoms with Gasteiger partial charge in [0.1, 0.15) is 0 Å². The van der Waals surface area contributed by atoms with Crippen LogP contribution in [0.4, 0.5) is 5.69 Å². The maximum absolute atomic E-state index is 13.2. The van der Waals surface area contributed by atoms with E-state index in [9.17, 15) is 4.79 Å². The highest BCUT2D eigenvalue weighted by Gasteiger charge is 2.29. The van der Waals surface area contributed by atoms with E-state index in [-0.39, 0.29) is 11.9 Å². The average Bonchev–Trinajstić information content (AvgIpc) is 2.59. The van der Waals surface area contributed by atoms with Gasteiger partial charge in [0.25, 0.3) is 5.91 Å². The Hall–Kier alpha value is -2.13. The van der Waals surface area contributed by atoms with Crippen molar-refractivity contribution in [1.82, 2.24) is 4.90 Å². The molecule has 0 bridgehead atoms. The number of anilines is 1. The zero-order valence-corrected chi connectivity index (χ0v) is 13.9. The number of para-hydroxylation sites is 1. The van der Waals surface area contributed by atoms with Gasteiger partial charge in [-0.25, -0.2) is 0 Å². The second kappa shape index (κ2) is 6.97. The van der Waals surface area contributed by atoms with E-state index in [0.717, 1.165) is 42.7 Å². The number of hydrogen-bond acceptors (Lipinski definition) is 2. The number of likely N-dealkylation sites (tertiary alicyclic amines) is 1. The highest BCUT2D eigenvalue weighted by molar-refractivity contribution is 6.06. The number of nitrogens with zero attached hydrogens (tertiary/aromatic N) is 2. The molecular formula is C20H24N2O. The maximum Gasteiger partial charge on any atom is 0.258 e. The van der Waals surface area contributed by atoms with E-state index in [1.54, 1.807) is 0 Å².